The number of amidine groups is 1. The molecule has 0 radical (unpaired) electrons. The molecule has 2 rings (SSSR count). The fraction of sp³-hybridized carbons (Fsp3) is 0.167. The largest absolute Gasteiger partial charge is 0.409 e. The first-order valence-electron chi connectivity index (χ1n) is 5.46. The van der Waals surface area contributed by atoms with Gasteiger partial charge in [-0.25, -0.2) is 9.07 Å². The van der Waals surface area contributed by atoms with Gasteiger partial charge in [0.05, 0.1) is 27.1 Å². The van der Waals surface area contributed by atoms with E-state index >= 15 is 0 Å². The molecular formula is C12H12BrFN4O. The molecule has 1 heterocycles. The number of nitrogens with zero attached hydrogens (tertiary/aromatic N) is 3. The Morgan fingerprint density at radius 1 is 1.47 bits per heavy atom. The van der Waals surface area contributed by atoms with Crippen LogP contribution in [0.4, 0.5) is 4.39 Å². The van der Waals surface area contributed by atoms with E-state index in [1.807, 2.05) is 13.8 Å². The minimum Gasteiger partial charge on any atom is -0.409 e. The maximum Gasteiger partial charge on any atom is 0.175 e. The monoisotopic (exact) mass is 326 g/mol. The number of aryl methyl sites for hydroxylation is 1. The van der Waals surface area contributed by atoms with Gasteiger partial charge in [0.2, 0.25) is 0 Å². The molecule has 0 fully saturated rings. The number of halogens is 2. The third kappa shape index (κ3) is 2.21. The highest BCUT2D eigenvalue weighted by molar-refractivity contribution is 9.10. The summed E-state index contributed by atoms with van der Waals surface area (Å²) in [5, 5.41) is 15.9. The van der Waals surface area contributed by atoms with Crippen molar-refractivity contribution in [3.05, 3.63) is 45.4 Å². The van der Waals surface area contributed by atoms with E-state index in [-0.39, 0.29) is 11.4 Å². The van der Waals surface area contributed by atoms with Crippen LogP contribution in [0.15, 0.2) is 27.8 Å². The van der Waals surface area contributed by atoms with E-state index in [2.05, 4.69) is 26.2 Å². The quantitative estimate of drug-likeness (QED) is 0.385. The summed E-state index contributed by atoms with van der Waals surface area (Å²) >= 11 is 3.41. The Balaban J connectivity index is 2.76. The van der Waals surface area contributed by atoms with Gasteiger partial charge in [0.1, 0.15) is 5.82 Å². The summed E-state index contributed by atoms with van der Waals surface area (Å²) in [6.07, 6.45) is 0. The molecule has 0 aliphatic rings. The molecule has 1 aromatic carbocycles. The molecule has 0 spiro atoms. The Morgan fingerprint density at radius 3 is 2.68 bits per heavy atom. The second-order valence-corrected chi connectivity index (χ2v) is 4.81. The summed E-state index contributed by atoms with van der Waals surface area (Å²) < 4.78 is 16.3. The average Bonchev–Trinajstić information content (AvgIpc) is 2.65. The highest BCUT2D eigenvalue weighted by Gasteiger charge is 2.18. The van der Waals surface area contributed by atoms with E-state index in [9.17, 15) is 4.39 Å². The number of aromatic nitrogens is 2. The Morgan fingerprint density at radius 2 is 2.16 bits per heavy atom. The molecule has 0 saturated heterocycles. The molecule has 0 unspecified atom stereocenters. The van der Waals surface area contributed by atoms with Crippen LogP contribution in [0.1, 0.15) is 17.0 Å². The van der Waals surface area contributed by atoms with Crippen LogP contribution in [0, 0.1) is 19.7 Å². The van der Waals surface area contributed by atoms with Crippen molar-refractivity contribution in [3.8, 4) is 5.69 Å². The summed E-state index contributed by atoms with van der Waals surface area (Å²) in [4.78, 5) is 0. The first-order chi connectivity index (χ1) is 8.97. The van der Waals surface area contributed by atoms with Crippen molar-refractivity contribution < 1.29 is 9.60 Å². The molecule has 0 atom stereocenters. The zero-order chi connectivity index (χ0) is 14.2. The van der Waals surface area contributed by atoms with E-state index in [1.165, 1.54) is 6.07 Å². The highest BCUT2D eigenvalue weighted by atomic mass is 79.9. The topological polar surface area (TPSA) is 76.4 Å². The van der Waals surface area contributed by atoms with Crippen molar-refractivity contribution >= 4 is 21.8 Å². The van der Waals surface area contributed by atoms with E-state index in [4.69, 9.17) is 10.9 Å². The number of rotatable bonds is 2. The fourth-order valence-corrected chi connectivity index (χ4v) is 2.10. The van der Waals surface area contributed by atoms with Crippen LogP contribution in [-0.4, -0.2) is 20.8 Å². The zero-order valence-electron chi connectivity index (χ0n) is 10.4. The summed E-state index contributed by atoms with van der Waals surface area (Å²) in [6.45, 7) is 3.67. The fourth-order valence-electron chi connectivity index (χ4n) is 1.85. The summed E-state index contributed by atoms with van der Waals surface area (Å²) in [7, 11) is 0. The molecule has 19 heavy (non-hydrogen) atoms. The van der Waals surface area contributed by atoms with E-state index in [0.29, 0.717) is 5.69 Å². The van der Waals surface area contributed by atoms with Gasteiger partial charge in [0, 0.05) is 0 Å². The van der Waals surface area contributed by atoms with Crippen LogP contribution >= 0.6 is 15.9 Å². The van der Waals surface area contributed by atoms with Crippen LogP contribution in [0.3, 0.4) is 0 Å². The van der Waals surface area contributed by atoms with Crippen LogP contribution < -0.4 is 5.73 Å². The van der Waals surface area contributed by atoms with Gasteiger partial charge in [0.15, 0.2) is 5.84 Å². The van der Waals surface area contributed by atoms with Crippen molar-refractivity contribution in [2.45, 2.75) is 13.8 Å². The smallest absolute Gasteiger partial charge is 0.175 e. The second-order valence-electron chi connectivity index (χ2n) is 4.02. The van der Waals surface area contributed by atoms with Crippen LogP contribution in [0.2, 0.25) is 0 Å². The van der Waals surface area contributed by atoms with Gasteiger partial charge in [-0.3, -0.25) is 0 Å². The van der Waals surface area contributed by atoms with Gasteiger partial charge in [-0.1, -0.05) is 11.2 Å². The van der Waals surface area contributed by atoms with Gasteiger partial charge < -0.3 is 10.9 Å². The van der Waals surface area contributed by atoms with Crippen molar-refractivity contribution in [3.63, 3.8) is 0 Å². The molecule has 5 nitrogen and oxygen atoms in total. The van der Waals surface area contributed by atoms with E-state index in [1.54, 1.807) is 16.8 Å². The third-order valence-electron chi connectivity index (χ3n) is 2.79. The molecule has 2 aromatic rings. The van der Waals surface area contributed by atoms with Crippen molar-refractivity contribution in [2.75, 3.05) is 0 Å². The number of hydrogen-bond donors (Lipinski definition) is 2. The maximum absolute atomic E-state index is 13.9. The third-order valence-corrected chi connectivity index (χ3v) is 3.93. The number of nitrogens with two attached hydrogens (primary N) is 1. The minimum atomic E-state index is -0.573. The normalized spacial score (nSPS) is 11.9. The van der Waals surface area contributed by atoms with E-state index < -0.39 is 5.82 Å². The van der Waals surface area contributed by atoms with Gasteiger partial charge >= 0.3 is 0 Å². The van der Waals surface area contributed by atoms with Crippen LogP contribution in [0.5, 0.6) is 0 Å². The van der Waals surface area contributed by atoms with Crippen molar-refractivity contribution in [1.82, 2.24) is 9.78 Å². The predicted molar refractivity (Wildman–Crippen MR) is 73.2 cm³/mol. The number of benzene rings is 1. The Kier molecular flexibility index (Phi) is 3.57. The Bertz CT molecular complexity index is 666. The standard InChI is InChI=1S/C12H12BrFN4O/c1-6-11(13)7(2)18(16-6)9-5-3-4-8(14)10(9)12(15)17-19/h3-5,19H,1-2H3,(H2,15,17). The summed E-state index contributed by atoms with van der Waals surface area (Å²) in [6, 6.07) is 4.45. The van der Waals surface area contributed by atoms with Crippen LogP contribution in [0.25, 0.3) is 5.69 Å². The Hall–Kier alpha value is -1.89. The molecule has 0 saturated carbocycles. The SMILES string of the molecule is Cc1nn(-c2cccc(F)c2C(N)=NO)c(C)c1Br. The average molecular weight is 327 g/mol. The maximum atomic E-state index is 13.9. The van der Waals surface area contributed by atoms with Gasteiger partial charge in [0.25, 0.3) is 0 Å². The molecule has 7 heteroatoms. The minimum absolute atomic E-state index is 0.0168. The first kappa shape index (κ1) is 13.5. The van der Waals surface area contributed by atoms with Gasteiger partial charge in [-0.15, -0.1) is 0 Å². The van der Waals surface area contributed by atoms with E-state index in [0.717, 1.165) is 15.9 Å². The predicted octanol–water partition coefficient (Wildman–Crippen LogP) is 2.49. The number of hydrogen-bond acceptors (Lipinski definition) is 3. The van der Waals surface area contributed by atoms with Gasteiger partial charge in [-0.2, -0.15) is 5.10 Å². The molecule has 1 aromatic heterocycles. The summed E-state index contributed by atoms with van der Waals surface area (Å²) in [5.41, 5.74) is 7.54. The molecule has 0 amide bonds. The first-order valence-corrected chi connectivity index (χ1v) is 6.25. The summed E-state index contributed by atoms with van der Waals surface area (Å²) in [5.74, 6) is -0.867. The highest BCUT2D eigenvalue weighted by Crippen LogP contribution is 2.25. The molecule has 3 N–H and O–H groups in total. The lowest BCUT2D eigenvalue weighted by Gasteiger charge is -2.11. The lowest BCUT2D eigenvalue weighted by Crippen LogP contribution is -2.19. The zero-order valence-corrected chi connectivity index (χ0v) is 11.9. The Labute approximate surface area is 117 Å². The molecule has 0 aliphatic carbocycles. The molecule has 0 aliphatic heterocycles. The van der Waals surface area contributed by atoms with Crippen molar-refractivity contribution in [2.24, 2.45) is 10.9 Å². The molecular weight excluding hydrogens is 315 g/mol. The molecule has 0 bridgehead atoms. The van der Waals surface area contributed by atoms with Crippen molar-refractivity contribution in [1.29, 1.82) is 0 Å². The molecule has 100 valence electrons. The van der Waals surface area contributed by atoms with Gasteiger partial charge in [-0.05, 0) is 41.9 Å². The number of oxime groups is 1. The lowest BCUT2D eigenvalue weighted by molar-refractivity contribution is 0.318. The lowest BCUT2D eigenvalue weighted by atomic mass is 10.1. The second kappa shape index (κ2) is 5.00. The van der Waals surface area contributed by atoms with Crippen LogP contribution in [-0.2, 0) is 0 Å².